The van der Waals surface area contributed by atoms with Crippen LogP contribution < -0.4 is 10.2 Å². The van der Waals surface area contributed by atoms with Gasteiger partial charge in [0.1, 0.15) is 23.9 Å². The van der Waals surface area contributed by atoms with Gasteiger partial charge in [-0.1, -0.05) is 12.1 Å². The fourth-order valence-electron chi connectivity index (χ4n) is 2.56. The highest BCUT2D eigenvalue weighted by Crippen LogP contribution is 2.37. The Kier molecular flexibility index (Phi) is 4.52. The van der Waals surface area contributed by atoms with Crippen LogP contribution in [0.15, 0.2) is 42.5 Å². The number of phenols is 1. The lowest BCUT2D eigenvalue weighted by atomic mass is 9.78. The Morgan fingerprint density at radius 3 is 2.20 bits per heavy atom. The summed E-state index contributed by atoms with van der Waals surface area (Å²) < 4.78 is 31.7. The second-order valence-corrected chi connectivity index (χ2v) is 7.23. The molecular weight excluding hydrogens is 322 g/mol. The molecule has 0 bridgehead atoms. The Hall–Kier alpha value is -2.05. The molecule has 25 heavy (non-hydrogen) atoms. The predicted octanol–water partition coefficient (Wildman–Crippen LogP) is 3.41. The number of benzene rings is 2. The first-order valence-electron chi connectivity index (χ1n) is 8.24. The van der Waals surface area contributed by atoms with E-state index >= 15 is 0 Å². The molecule has 0 saturated carbocycles. The molecule has 1 heterocycles. The molecule has 1 fully saturated rings. The minimum atomic E-state index is -0.699. The second-order valence-electron chi connectivity index (χ2n) is 7.23. The molecule has 0 atom stereocenters. The molecule has 0 unspecified atom stereocenters. The molecule has 2 aromatic rings. The van der Waals surface area contributed by atoms with Gasteiger partial charge in [0, 0.05) is 5.46 Å². The van der Waals surface area contributed by atoms with Crippen LogP contribution in [0.4, 0.5) is 4.39 Å². The summed E-state index contributed by atoms with van der Waals surface area (Å²) >= 11 is 0. The van der Waals surface area contributed by atoms with Crippen molar-refractivity contribution in [3.63, 3.8) is 0 Å². The molecule has 1 aliphatic rings. The van der Waals surface area contributed by atoms with Gasteiger partial charge in [-0.2, -0.15) is 0 Å². The maximum absolute atomic E-state index is 13.8. The molecule has 0 aromatic heterocycles. The molecule has 1 aliphatic heterocycles. The number of phenolic OH excluding ortho intramolecular Hbond substituents is 1. The highest BCUT2D eigenvalue weighted by Gasteiger charge is 2.52. The van der Waals surface area contributed by atoms with Crippen molar-refractivity contribution in [2.45, 2.75) is 45.5 Å². The van der Waals surface area contributed by atoms with E-state index in [0.717, 1.165) is 5.56 Å². The number of rotatable bonds is 4. The second kappa shape index (κ2) is 6.35. The van der Waals surface area contributed by atoms with Crippen molar-refractivity contribution in [1.82, 2.24) is 0 Å². The molecule has 0 spiro atoms. The van der Waals surface area contributed by atoms with E-state index in [4.69, 9.17) is 14.0 Å². The van der Waals surface area contributed by atoms with Crippen LogP contribution in [-0.2, 0) is 15.9 Å². The van der Waals surface area contributed by atoms with Crippen molar-refractivity contribution >= 4 is 12.6 Å². The summed E-state index contributed by atoms with van der Waals surface area (Å²) in [7, 11) is -0.699. The first-order valence-corrected chi connectivity index (χ1v) is 8.24. The quantitative estimate of drug-likeness (QED) is 0.864. The van der Waals surface area contributed by atoms with Crippen LogP contribution >= 0.6 is 0 Å². The molecule has 1 N–H and O–H groups in total. The maximum atomic E-state index is 13.8. The first-order chi connectivity index (χ1) is 11.7. The van der Waals surface area contributed by atoms with E-state index < -0.39 is 18.3 Å². The van der Waals surface area contributed by atoms with Crippen molar-refractivity contribution in [3.05, 3.63) is 53.8 Å². The van der Waals surface area contributed by atoms with E-state index in [1.54, 1.807) is 30.3 Å². The van der Waals surface area contributed by atoms with Crippen LogP contribution in [0.25, 0.3) is 0 Å². The molecule has 0 amide bonds. The van der Waals surface area contributed by atoms with Gasteiger partial charge in [-0.25, -0.2) is 4.39 Å². The van der Waals surface area contributed by atoms with Crippen LogP contribution in [0.5, 0.6) is 11.5 Å². The number of hydrogen-bond donors (Lipinski definition) is 1. The zero-order chi connectivity index (χ0) is 18.2. The Labute approximate surface area is 147 Å². The third kappa shape index (κ3) is 3.65. The molecule has 2 aromatic carbocycles. The van der Waals surface area contributed by atoms with Crippen molar-refractivity contribution < 1.29 is 23.5 Å². The largest absolute Gasteiger partial charge is 0.508 e. The standard InChI is InChI=1S/C19H22BFO4/c1-18(2)19(3,4)25-20(24-18)16-11-14(21)7-10-17(16)23-12-13-5-8-15(22)9-6-13/h5-11,22H,12H2,1-4H3. The van der Waals surface area contributed by atoms with Crippen LogP contribution in [0.1, 0.15) is 33.3 Å². The van der Waals surface area contributed by atoms with E-state index in [1.807, 2.05) is 27.7 Å². The monoisotopic (exact) mass is 344 g/mol. The Balaban J connectivity index is 1.83. The molecule has 0 aliphatic carbocycles. The Bertz CT molecular complexity index is 743. The van der Waals surface area contributed by atoms with Crippen molar-refractivity contribution in [2.24, 2.45) is 0 Å². The lowest BCUT2D eigenvalue weighted by Gasteiger charge is -2.32. The number of hydrogen-bond acceptors (Lipinski definition) is 4. The summed E-state index contributed by atoms with van der Waals surface area (Å²) in [6, 6.07) is 11.0. The molecular formula is C19H22BFO4. The van der Waals surface area contributed by atoms with Gasteiger partial charge in [-0.15, -0.1) is 0 Å². The minimum Gasteiger partial charge on any atom is -0.508 e. The van der Waals surface area contributed by atoms with Gasteiger partial charge in [0.05, 0.1) is 11.2 Å². The first kappa shape index (κ1) is 17.8. The zero-order valence-corrected chi connectivity index (χ0v) is 14.9. The molecule has 6 heteroatoms. The average molecular weight is 344 g/mol. The third-order valence-electron chi connectivity index (χ3n) is 4.81. The fourth-order valence-corrected chi connectivity index (χ4v) is 2.56. The van der Waals surface area contributed by atoms with Gasteiger partial charge in [-0.05, 0) is 63.6 Å². The van der Waals surface area contributed by atoms with E-state index in [0.29, 0.717) is 17.8 Å². The maximum Gasteiger partial charge on any atom is 0.498 e. The zero-order valence-electron chi connectivity index (χ0n) is 14.9. The van der Waals surface area contributed by atoms with Gasteiger partial charge < -0.3 is 19.2 Å². The SMILES string of the molecule is CC1(C)OB(c2cc(F)ccc2OCc2ccc(O)cc2)OC1(C)C. The smallest absolute Gasteiger partial charge is 0.498 e. The highest BCUT2D eigenvalue weighted by molar-refractivity contribution is 6.63. The Morgan fingerprint density at radius 2 is 1.60 bits per heavy atom. The van der Waals surface area contributed by atoms with Gasteiger partial charge in [0.25, 0.3) is 0 Å². The highest BCUT2D eigenvalue weighted by atomic mass is 19.1. The molecule has 4 nitrogen and oxygen atoms in total. The number of ether oxygens (including phenoxy) is 1. The number of halogens is 1. The van der Waals surface area contributed by atoms with Crippen molar-refractivity contribution in [3.8, 4) is 11.5 Å². The summed E-state index contributed by atoms with van der Waals surface area (Å²) in [4.78, 5) is 0. The van der Waals surface area contributed by atoms with E-state index in [2.05, 4.69) is 0 Å². The van der Waals surface area contributed by atoms with Gasteiger partial charge in [0.2, 0.25) is 0 Å². The molecule has 1 saturated heterocycles. The summed E-state index contributed by atoms with van der Waals surface area (Å²) in [5.41, 5.74) is 0.385. The van der Waals surface area contributed by atoms with Crippen LogP contribution in [0, 0.1) is 5.82 Å². The number of aromatic hydroxyl groups is 1. The normalized spacial score (nSPS) is 18.4. The molecule has 0 radical (unpaired) electrons. The van der Waals surface area contributed by atoms with E-state index in [-0.39, 0.29) is 11.6 Å². The topological polar surface area (TPSA) is 47.9 Å². The lowest BCUT2D eigenvalue weighted by Crippen LogP contribution is -2.41. The van der Waals surface area contributed by atoms with Crippen molar-refractivity contribution in [2.75, 3.05) is 0 Å². The van der Waals surface area contributed by atoms with Crippen molar-refractivity contribution in [1.29, 1.82) is 0 Å². The summed E-state index contributed by atoms with van der Waals surface area (Å²) in [6.07, 6.45) is 0. The van der Waals surface area contributed by atoms with Gasteiger partial charge >= 0.3 is 7.12 Å². The van der Waals surface area contributed by atoms with Crippen LogP contribution in [-0.4, -0.2) is 23.4 Å². The Morgan fingerprint density at radius 1 is 1.00 bits per heavy atom. The summed E-state index contributed by atoms with van der Waals surface area (Å²) in [5.74, 6) is 0.332. The van der Waals surface area contributed by atoms with E-state index in [1.165, 1.54) is 12.1 Å². The minimum absolute atomic E-state index is 0.198. The van der Waals surface area contributed by atoms with Gasteiger partial charge in [-0.3, -0.25) is 0 Å². The lowest BCUT2D eigenvalue weighted by molar-refractivity contribution is 0.00578. The molecule has 3 rings (SSSR count). The fraction of sp³-hybridized carbons (Fsp3) is 0.368. The predicted molar refractivity (Wildman–Crippen MR) is 94.6 cm³/mol. The van der Waals surface area contributed by atoms with E-state index in [9.17, 15) is 9.50 Å². The summed E-state index contributed by atoms with van der Waals surface area (Å²) in [6.45, 7) is 8.08. The van der Waals surface area contributed by atoms with Crippen LogP contribution in [0.3, 0.4) is 0 Å². The van der Waals surface area contributed by atoms with Crippen LogP contribution in [0.2, 0.25) is 0 Å². The summed E-state index contributed by atoms with van der Waals surface area (Å²) in [5, 5.41) is 9.34. The third-order valence-corrected chi connectivity index (χ3v) is 4.81. The molecule has 132 valence electrons. The average Bonchev–Trinajstić information content (AvgIpc) is 2.75. The van der Waals surface area contributed by atoms with Gasteiger partial charge in [0.15, 0.2) is 0 Å².